The van der Waals surface area contributed by atoms with Gasteiger partial charge >= 0.3 is 12.1 Å². The summed E-state index contributed by atoms with van der Waals surface area (Å²) in [4.78, 5) is 49.7. The van der Waals surface area contributed by atoms with Gasteiger partial charge in [0.2, 0.25) is 0 Å². The van der Waals surface area contributed by atoms with Gasteiger partial charge in [0.15, 0.2) is 0 Å². The highest BCUT2D eigenvalue weighted by Gasteiger charge is 2.33. The average Bonchev–Trinajstić information content (AvgIpc) is 2.74. The second-order valence-corrected chi connectivity index (χ2v) is 5.62. The Kier molecular flexibility index (Phi) is 6.81. The van der Waals surface area contributed by atoms with E-state index in [1.807, 2.05) is 13.8 Å². The monoisotopic (exact) mass is 315 g/mol. The molecule has 1 heterocycles. The molecule has 0 aromatic carbocycles. The summed E-state index contributed by atoms with van der Waals surface area (Å²) in [6.45, 7) is 5.60. The molecule has 1 aliphatic heterocycles. The summed E-state index contributed by atoms with van der Waals surface area (Å²) in [5, 5.41) is 0.412. The number of esters is 1. The van der Waals surface area contributed by atoms with Crippen molar-refractivity contribution in [3.63, 3.8) is 0 Å². The Hall–Kier alpha value is -2.12. The average molecular weight is 315 g/mol. The molecule has 1 unspecified atom stereocenters. The quantitative estimate of drug-likeness (QED) is 0.517. The second-order valence-electron chi connectivity index (χ2n) is 5.62. The third kappa shape index (κ3) is 6.11. The van der Waals surface area contributed by atoms with Crippen LogP contribution in [0.5, 0.6) is 0 Å². The molecular formula is C14H21NO7. The van der Waals surface area contributed by atoms with Crippen LogP contribution in [0.15, 0.2) is 0 Å². The van der Waals surface area contributed by atoms with Crippen LogP contribution in [0.1, 0.15) is 40.0 Å². The predicted molar refractivity (Wildman–Crippen MR) is 73.1 cm³/mol. The van der Waals surface area contributed by atoms with Gasteiger partial charge in [-0.3, -0.25) is 19.2 Å². The van der Waals surface area contributed by atoms with Crippen LogP contribution >= 0.6 is 0 Å². The molecule has 0 bridgehead atoms. The molecule has 1 rings (SSSR count). The van der Waals surface area contributed by atoms with E-state index in [0.717, 1.165) is 0 Å². The summed E-state index contributed by atoms with van der Waals surface area (Å²) in [5.74, 6) is -1.47. The van der Waals surface area contributed by atoms with Gasteiger partial charge in [-0.15, -0.1) is 0 Å². The summed E-state index contributed by atoms with van der Waals surface area (Å²) in [6, 6.07) is 0. The molecule has 0 aromatic rings. The molecular weight excluding hydrogens is 294 g/mol. The molecule has 0 saturated carbocycles. The number of hydrogen-bond acceptors (Lipinski definition) is 7. The lowest BCUT2D eigenvalue weighted by atomic mass is 10.1. The van der Waals surface area contributed by atoms with Crippen molar-refractivity contribution in [1.82, 2.24) is 5.06 Å². The van der Waals surface area contributed by atoms with Crippen LogP contribution in [-0.2, 0) is 28.7 Å². The SMILES string of the molecule is CC(C)CC(=O)OCC(C)COC(=O)ON1C(=O)CCC1=O. The Morgan fingerprint density at radius 3 is 2.14 bits per heavy atom. The van der Waals surface area contributed by atoms with Crippen molar-refractivity contribution in [2.45, 2.75) is 40.0 Å². The van der Waals surface area contributed by atoms with Crippen molar-refractivity contribution < 1.29 is 33.5 Å². The molecule has 0 spiro atoms. The van der Waals surface area contributed by atoms with Crippen molar-refractivity contribution in [2.75, 3.05) is 13.2 Å². The fraction of sp³-hybridized carbons (Fsp3) is 0.714. The van der Waals surface area contributed by atoms with Crippen molar-refractivity contribution in [3.05, 3.63) is 0 Å². The van der Waals surface area contributed by atoms with Gasteiger partial charge in [0.05, 0.1) is 6.61 Å². The number of hydrogen-bond donors (Lipinski definition) is 0. The lowest BCUT2D eigenvalue weighted by Gasteiger charge is -2.15. The van der Waals surface area contributed by atoms with E-state index >= 15 is 0 Å². The minimum absolute atomic E-state index is 0.0221. The standard InChI is InChI=1S/C14H21NO7/c1-9(2)6-13(18)20-7-10(3)8-21-14(19)22-15-11(16)4-5-12(15)17/h9-10H,4-8H2,1-3H3. The van der Waals surface area contributed by atoms with Crippen LogP contribution in [0.25, 0.3) is 0 Å². The number of hydroxylamine groups is 2. The normalized spacial score (nSPS) is 15.9. The lowest BCUT2D eigenvalue weighted by Crippen LogP contribution is -2.33. The molecule has 0 N–H and O–H groups in total. The van der Waals surface area contributed by atoms with Crippen LogP contribution in [0.3, 0.4) is 0 Å². The van der Waals surface area contributed by atoms with E-state index in [1.54, 1.807) is 6.92 Å². The number of amides is 2. The van der Waals surface area contributed by atoms with E-state index in [-0.39, 0.29) is 43.9 Å². The number of carbonyl (C=O) groups is 4. The van der Waals surface area contributed by atoms with E-state index in [1.165, 1.54) is 0 Å². The topological polar surface area (TPSA) is 99.2 Å². The molecule has 8 nitrogen and oxygen atoms in total. The molecule has 124 valence electrons. The minimum Gasteiger partial charge on any atom is -0.465 e. The number of rotatable bonds is 7. The van der Waals surface area contributed by atoms with Gasteiger partial charge in [-0.2, -0.15) is 0 Å². The van der Waals surface area contributed by atoms with Gasteiger partial charge in [-0.05, 0) is 5.92 Å². The molecule has 0 radical (unpaired) electrons. The molecule has 1 fully saturated rings. The summed E-state index contributed by atoms with van der Waals surface area (Å²) in [7, 11) is 0. The summed E-state index contributed by atoms with van der Waals surface area (Å²) < 4.78 is 9.80. The maximum atomic E-state index is 11.4. The van der Waals surface area contributed by atoms with Gasteiger partial charge in [-0.1, -0.05) is 25.8 Å². The molecule has 0 aliphatic carbocycles. The highest BCUT2D eigenvalue weighted by molar-refractivity contribution is 6.01. The van der Waals surface area contributed by atoms with E-state index in [2.05, 4.69) is 4.84 Å². The zero-order valence-electron chi connectivity index (χ0n) is 13.0. The number of nitrogens with zero attached hydrogens (tertiary/aromatic N) is 1. The summed E-state index contributed by atoms with van der Waals surface area (Å²) >= 11 is 0. The molecule has 0 aromatic heterocycles. The van der Waals surface area contributed by atoms with Crippen LogP contribution in [-0.4, -0.2) is 42.2 Å². The van der Waals surface area contributed by atoms with Gasteiger partial charge in [0.1, 0.15) is 6.61 Å². The van der Waals surface area contributed by atoms with Crippen LogP contribution in [0, 0.1) is 11.8 Å². The van der Waals surface area contributed by atoms with Crippen LogP contribution < -0.4 is 0 Å². The zero-order valence-corrected chi connectivity index (χ0v) is 13.0. The smallest absolute Gasteiger partial charge is 0.465 e. The third-order valence-electron chi connectivity index (χ3n) is 2.76. The van der Waals surface area contributed by atoms with Crippen LogP contribution in [0.2, 0.25) is 0 Å². The van der Waals surface area contributed by atoms with Crippen molar-refractivity contribution >= 4 is 23.9 Å². The highest BCUT2D eigenvalue weighted by Crippen LogP contribution is 2.13. The second kappa shape index (κ2) is 8.35. The first-order valence-electron chi connectivity index (χ1n) is 7.15. The largest absolute Gasteiger partial charge is 0.533 e. The van der Waals surface area contributed by atoms with Crippen molar-refractivity contribution in [3.8, 4) is 0 Å². The maximum absolute atomic E-state index is 11.4. The summed E-state index contributed by atoms with van der Waals surface area (Å²) in [5.41, 5.74) is 0. The molecule has 1 aliphatic rings. The first-order chi connectivity index (χ1) is 10.3. The Balaban J connectivity index is 2.22. The van der Waals surface area contributed by atoms with Crippen LogP contribution in [0.4, 0.5) is 4.79 Å². The first-order valence-corrected chi connectivity index (χ1v) is 7.15. The molecule has 2 amide bonds. The number of carbonyl (C=O) groups excluding carboxylic acids is 4. The fourth-order valence-corrected chi connectivity index (χ4v) is 1.64. The number of ether oxygens (including phenoxy) is 2. The van der Waals surface area contributed by atoms with E-state index < -0.39 is 18.0 Å². The predicted octanol–water partition coefficient (Wildman–Crippen LogP) is 1.43. The van der Waals surface area contributed by atoms with Gasteiger partial charge < -0.3 is 9.47 Å². The summed E-state index contributed by atoms with van der Waals surface area (Å²) in [6.07, 6.45) is -0.763. The Bertz CT molecular complexity index is 430. The van der Waals surface area contributed by atoms with E-state index in [4.69, 9.17) is 9.47 Å². The van der Waals surface area contributed by atoms with E-state index in [9.17, 15) is 19.2 Å². The van der Waals surface area contributed by atoms with Gasteiger partial charge in [0.25, 0.3) is 11.8 Å². The molecule has 8 heteroatoms. The van der Waals surface area contributed by atoms with Crippen molar-refractivity contribution in [1.29, 1.82) is 0 Å². The fourth-order valence-electron chi connectivity index (χ4n) is 1.64. The minimum atomic E-state index is -1.14. The molecule has 1 atom stereocenters. The third-order valence-corrected chi connectivity index (χ3v) is 2.76. The Labute approximate surface area is 128 Å². The maximum Gasteiger partial charge on any atom is 0.533 e. The Morgan fingerprint density at radius 1 is 1.05 bits per heavy atom. The van der Waals surface area contributed by atoms with Crippen molar-refractivity contribution in [2.24, 2.45) is 11.8 Å². The highest BCUT2D eigenvalue weighted by atomic mass is 16.8. The van der Waals surface area contributed by atoms with Gasteiger partial charge in [0, 0.05) is 25.2 Å². The van der Waals surface area contributed by atoms with E-state index in [0.29, 0.717) is 11.5 Å². The zero-order chi connectivity index (χ0) is 16.7. The number of imide groups is 1. The molecule has 1 saturated heterocycles. The first kappa shape index (κ1) is 17.9. The van der Waals surface area contributed by atoms with Gasteiger partial charge in [-0.25, -0.2) is 4.79 Å². The lowest BCUT2D eigenvalue weighted by molar-refractivity contribution is -0.177. The molecule has 22 heavy (non-hydrogen) atoms. The Morgan fingerprint density at radius 2 is 1.59 bits per heavy atom.